The van der Waals surface area contributed by atoms with Crippen LogP contribution in [0.1, 0.15) is 155 Å². The van der Waals surface area contributed by atoms with E-state index in [1.165, 1.54) is 44.9 Å². The van der Waals surface area contributed by atoms with Crippen molar-refractivity contribution in [2.24, 2.45) is 11.8 Å². The average molecular weight is 505 g/mol. The van der Waals surface area contributed by atoms with Crippen molar-refractivity contribution >= 4 is 11.6 Å². The van der Waals surface area contributed by atoms with Crippen molar-refractivity contribution < 1.29 is 19.1 Å². The van der Waals surface area contributed by atoms with Gasteiger partial charge >= 0.3 is 0 Å². The fourth-order valence-electron chi connectivity index (χ4n) is 7.56. The zero-order valence-corrected chi connectivity index (χ0v) is 23.8. The summed E-state index contributed by atoms with van der Waals surface area (Å²) in [7, 11) is 0. The van der Waals surface area contributed by atoms with Gasteiger partial charge in [0.1, 0.15) is 11.6 Å². The second-order valence-electron chi connectivity index (χ2n) is 12.6. The molecule has 0 N–H and O–H groups in total. The number of carbonyl (C=O) groups excluding carboxylic acids is 2. The average Bonchev–Trinajstić information content (AvgIpc) is 2.84. The number of hydrogen-bond donors (Lipinski definition) is 0. The maximum absolute atomic E-state index is 11.8. The first-order chi connectivity index (χ1) is 17.5. The van der Waals surface area contributed by atoms with E-state index in [1.807, 2.05) is 0 Å². The number of ketones is 2. The van der Waals surface area contributed by atoms with E-state index in [2.05, 4.69) is 13.8 Å². The summed E-state index contributed by atoms with van der Waals surface area (Å²) >= 11 is 0. The van der Waals surface area contributed by atoms with Crippen LogP contribution in [0.15, 0.2) is 0 Å². The van der Waals surface area contributed by atoms with Gasteiger partial charge < -0.3 is 9.47 Å². The third-order valence-corrected chi connectivity index (χ3v) is 9.09. The van der Waals surface area contributed by atoms with E-state index in [-0.39, 0.29) is 11.2 Å². The summed E-state index contributed by atoms with van der Waals surface area (Å²) in [5.74, 6) is 2.47. The molecule has 0 atom stereocenters. The standard InChI is InChI=1S/C32H56O4/c1-3-5-15-29(33)17-11-7-9-13-19-35-31-22-27-21-28(23-31)25-32(24-27,26-31)36-20-14-10-8-12-18-30(34)16-6-4-2/h27-28H,3-26H2,1-2H3. The SMILES string of the molecule is CCCCC(=O)CCCCCCOC12CC3CC(C1)CC(OCCCCCCC(=O)CCCC)(C3)C2. The molecule has 0 aromatic heterocycles. The molecule has 0 heterocycles. The van der Waals surface area contributed by atoms with E-state index in [1.54, 1.807) is 0 Å². The summed E-state index contributed by atoms with van der Waals surface area (Å²) in [6.45, 7) is 6.04. The van der Waals surface area contributed by atoms with Crippen molar-refractivity contribution in [2.75, 3.05) is 13.2 Å². The van der Waals surface area contributed by atoms with Crippen LogP contribution in [-0.4, -0.2) is 36.0 Å². The molecular weight excluding hydrogens is 448 g/mol. The molecule has 4 aliphatic carbocycles. The third kappa shape index (κ3) is 9.86. The van der Waals surface area contributed by atoms with Gasteiger partial charge in [-0.3, -0.25) is 9.59 Å². The van der Waals surface area contributed by atoms with Crippen LogP contribution in [0.25, 0.3) is 0 Å². The highest BCUT2D eigenvalue weighted by atomic mass is 16.5. The van der Waals surface area contributed by atoms with E-state index in [9.17, 15) is 9.59 Å². The quantitative estimate of drug-likeness (QED) is 0.139. The van der Waals surface area contributed by atoms with E-state index in [0.717, 1.165) is 121 Å². The number of carbonyl (C=O) groups is 2. The van der Waals surface area contributed by atoms with Crippen LogP contribution in [0.3, 0.4) is 0 Å². The zero-order chi connectivity index (χ0) is 25.7. The summed E-state index contributed by atoms with van der Waals surface area (Å²) in [6, 6.07) is 0. The fraction of sp³-hybridized carbons (Fsp3) is 0.938. The molecule has 4 saturated carbocycles. The first kappa shape index (κ1) is 29.8. The predicted octanol–water partition coefficient (Wildman–Crippen LogP) is 8.53. The molecule has 0 saturated heterocycles. The van der Waals surface area contributed by atoms with Crippen molar-refractivity contribution in [2.45, 2.75) is 166 Å². The number of Topliss-reactive ketones (excluding diaryl/α,β-unsaturated/α-hetero) is 2. The van der Waals surface area contributed by atoms with Crippen LogP contribution in [0.2, 0.25) is 0 Å². The molecule has 4 heteroatoms. The molecule has 4 bridgehead atoms. The van der Waals surface area contributed by atoms with Gasteiger partial charge in [0, 0.05) is 45.3 Å². The third-order valence-electron chi connectivity index (χ3n) is 9.09. The van der Waals surface area contributed by atoms with Gasteiger partial charge in [-0.05, 0) is 82.5 Å². The Morgan fingerprint density at radius 3 is 1.39 bits per heavy atom. The highest BCUT2D eigenvalue weighted by molar-refractivity contribution is 5.78. The monoisotopic (exact) mass is 504 g/mol. The van der Waals surface area contributed by atoms with E-state index < -0.39 is 0 Å². The van der Waals surface area contributed by atoms with Crippen LogP contribution in [0.5, 0.6) is 0 Å². The zero-order valence-electron chi connectivity index (χ0n) is 23.8. The van der Waals surface area contributed by atoms with Crippen LogP contribution in [0.4, 0.5) is 0 Å². The van der Waals surface area contributed by atoms with Crippen molar-refractivity contribution in [1.82, 2.24) is 0 Å². The summed E-state index contributed by atoms with van der Waals surface area (Å²) in [5, 5.41) is 0. The van der Waals surface area contributed by atoms with Gasteiger partial charge in [-0.2, -0.15) is 0 Å². The molecule has 0 unspecified atom stereocenters. The molecule has 0 aliphatic heterocycles. The first-order valence-corrected chi connectivity index (χ1v) is 15.8. The Labute approximate surface area is 222 Å². The summed E-state index contributed by atoms with van der Waals surface area (Å²) in [6.07, 6.45) is 23.8. The molecule has 208 valence electrons. The van der Waals surface area contributed by atoms with Gasteiger partial charge in [-0.25, -0.2) is 0 Å². The maximum atomic E-state index is 11.8. The van der Waals surface area contributed by atoms with Gasteiger partial charge in [0.2, 0.25) is 0 Å². The number of ether oxygens (including phenoxy) is 2. The molecule has 4 aliphatic rings. The normalized spacial score (nSPS) is 28.6. The van der Waals surface area contributed by atoms with Crippen LogP contribution >= 0.6 is 0 Å². The Kier molecular flexibility index (Phi) is 12.9. The highest BCUT2D eigenvalue weighted by Gasteiger charge is 2.59. The van der Waals surface area contributed by atoms with E-state index in [0.29, 0.717) is 11.6 Å². The Bertz CT molecular complexity index is 591. The van der Waals surface area contributed by atoms with Gasteiger partial charge in [-0.1, -0.05) is 52.4 Å². The van der Waals surface area contributed by atoms with Crippen molar-refractivity contribution in [3.05, 3.63) is 0 Å². The Hall–Kier alpha value is -0.740. The topological polar surface area (TPSA) is 52.6 Å². The molecule has 0 radical (unpaired) electrons. The molecule has 4 fully saturated rings. The van der Waals surface area contributed by atoms with Crippen molar-refractivity contribution in [3.63, 3.8) is 0 Å². The lowest BCUT2D eigenvalue weighted by Gasteiger charge is -2.61. The molecule has 0 spiro atoms. The number of hydrogen-bond acceptors (Lipinski definition) is 4. The van der Waals surface area contributed by atoms with Gasteiger partial charge in [0.25, 0.3) is 0 Å². The second kappa shape index (κ2) is 15.6. The van der Waals surface area contributed by atoms with Crippen LogP contribution < -0.4 is 0 Å². The number of unbranched alkanes of at least 4 members (excludes halogenated alkanes) is 8. The lowest BCUT2D eigenvalue weighted by atomic mass is 9.52. The molecule has 0 aromatic rings. The minimum absolute atomic E-state index is 0.0685. The fourth-order valence-corrected chi connectivity index (χ4v) is 7.56. The smallest absolute Gasteiger partial charge is 0.132 e. The Morgan fingerprint density at radius 1 is 0.583 bits per heavy atom. The van der Waals surface area contributed by atoms with Crippen molar-refractivity contribution in [3.8, 4) is 0 Å². The van der Waals surface area contributed by atoms with Gasteiger partial charge in [0.05, 0.1) is 11.2 Å². The van der Waals surface area contributed by atoms with E-state index in [4.69, 9.17) is 9.47 Å². The highest BCUT2D eigenvalue weighted by Crippen LogP contribution is 2.60. The molecular formula is C32H56O4. The lowest BCUT2D eigenvalue weighted by Crippen LogP contribution is -2.61. The molecule has 0 amide bonds. The van der Waals surface area contributed by atoms with Crippen LogP contribution in [0, 0.1) is 11.8 Å². The molecule has 4 nitrogen and oxygen atoms in total. The lowest BCUT2D eigenvalue weighted by molar-refractivity contribution is -0.237. The predicted molar refractivity (Wildman–Crippen MR) is 147 cm³/mol. The second-order valence-corrected chi connectivity index (χ2v) is 12.6. The summed E-state index contributed by atoms with van der Waals surface area (Å²) in [4.78, 5) is 23.7. The Morgan fingerprint density at radius 2 is 0.972 bits per heavy atom. The van der Waals surface area contributed by atoms with Crippen molar-refractivity contribution in [1.29, 1.82) is 0 Å². The molecule has 0 aromatic carbocycles. The number of rotatable bonds is 22. The Balaban J connectivity index is 1.29. The minimum atomic E-state index is 0.0685. The van der Waals surface area contributed by atoms with E-state index >= 15 is 0 Å². The first-order valence-electron chi connectivity index (χ1n) is 15.8. The van der Waals surface area contributed by atoms with Crippen LogP contribution in [-0.2, 0) is 19.1 Å². The summed E-state index contributed by atoms with van der Waals surface area (Å²) < 4.78 is 13.4. The van der Waals surface area contributed by atoms with Gasteiger partial charge in [0.15, 0.2) is 0 Å². The summed E-state index contributed by atoms with van der Waals surface area (Å²) in [5.41, 5.74) is 0.137. The largest absolute Gasteiger partial charge is 0.375 e. The van der Waals surface area contributed by atoms with Gasteiger partial charge in [-0.15, -0.1) is 0 Å². The minimum Gasteiger partial charge on any atom is -0.375 e. The molecule has 4 rings (SSSR count). The molecule has 36 heavy (non-hydrogen) atoms. The maximum Gasteiger partial charge on any atom is 0.132 e.